The molecule has 188 valence electrons. The molecule has 6 nitrogen and oxygen atoms in total. The zero-order valence-electron chi connectivity index (χ0n) is 21.6. The average Bonchev–Trinajstić information content (AvgIpc) is 3.04. The second-order valence-electron chi connectivity index (χ2n) is 10.3. The van der Waals surface area contributed by atoms with Gasteiger partial charge in [0.2, 0.25) is 5.91 Å². The van der Waals surface area contributed by atoms with Gasteiger partial charge < -0.3 is 10.1 Å². The monoisotopic (exact) mass is 481 g/mol. The second kappa shape index (κ2) is 11.8. The summed E-state index contributed by atoms with van der Waals surface area (Å²) in [5.74, 6) is 1.21. The van der Waals surface area contributed by atoms with Crippen LogP contribution in [0.2, 0.25) is 0 Å². The fourth-order valence-electron chi connectivity index (χ4n) is 4.57. The van der Waals surface area contributed by atoms with Crippen LogP contribution in [0.1, 0.15) is 120 Å². The minimum absolute atomic E-state index is 0.00732. The Labute approximate surface area is 200 Å². The van der Waals surface area contributed by atoms with E-state index in [4.69, 9.17) is 8.92 Å². The SMILES string of the molecule is CC(C)c1cc(C(C)C)c([C@H](C)O[C@@H]2CC(=O)N[C@H]2CCCCOS(C)(=O)=O)c(C(C)C)c1. The number of hydrogen-bond acceptors (Lipinski definition) is 5. The van der Waals surface area contributed by atoms with E-state index in [0.29, 0.717) is 30.6 Å². The van der Waals surface area contributed by atoms with E-state index in [1.165, 1.54) is 22.3 Å². The van der Waals surface area contributed by atoms with Crippen molar-refractivity contribution >= 4 is 16.0 Å². The van der Waals surface area contributed by atoms with E-state index in [-0.39, 0.29) is 30.8 Å². The Balaban J connectivity index is 2.18. The van der Waals surface area contributed by atoms with Crippen LogP contribution in [0.4, 0.5) is 0 Å². The van der Waals surface area contributed by atoms with Gasteiger partial charge in [0.1, 0.15) is 0 Å². The largest absolute Gasteiger partial charge is 0.368 e. The number of unbranched alkanes of at least 4 members (excludes halogenated alkanes) is 1. The Morgan fingerprint density at radius 3 is 2.03 bits per heavy atom. The standard InChI is InChI=1S/C26H43NO5S/c1-16(2)20-13-21(17(3)4)26(22(14-20)18(5)6)19(7)32-24-15-25(28)27-23(24)11-9-10-12-31-33(8,29)30/h13-14,16-19,23-24H,9-12,15H2,1-8H3,(H,27,28)/t19-,23-,24+/m0/s1. The number of carbonyl (C=O) groups is 1. The molecule has 0 bridgehead atoms. The summed E-state index contributed by atoms with van der Waals surface area (Å²) >= 11 is 0. The Morgan fingerprint density at radius 1 is 0.970 bits per heavy atom. The molecule has 2 rings (SSSR count). The first-order valence-electron chi connectivity index (χ1n) is 12.3. The molecule has 1 aromatic carbocycles. The summed E-state index contributed by atoms with van der Waals surface area (Å²) in [6.07, 6.45) is 3.19. The van der Waals surface area contributed by atoms with Gasteiger partial charge >= 0.3 is 0 Å². The predicted molar refractivity (Wildman–Crippen MR) is 133 cm³/mol. The highest BCUT2D eigenvalue weighted by Gasteiger charge is 2.35. The number of carbonyl (C=O) groups excluding carboxylic acids is 1. The van der Waals surface area contributed by atoms with Crippen molar-refractivity contribution in [1.82, 2.24) is 5.32 Å². The summed E-state index contributed by atoms with van der Waals surface area (Å²) in [4.78, 5) is 12.2. The summed E-state index contributed by atoms with van der Waals surface area (Å²) in [5.41, 5.74) is 5.25. The van der Waals surface area contributed by atoms with Gasteiger partial charge in [0.05, 0.1) is 37.5 Å². The lowest BCUT2D eigenvalue weighted by atomic mass is 9.82. The van der Waals surface area contributed by atoms with Crippen molar-refractivity contribution in [3.63, 3.8) is 0 Å². The molecule has 1 amide bonds. The number of rotatable bonds is 12. The van der Waals surface area contributed by atoms with Crippen LogP contribution in [0.3, 0.4) is 0 Å². The molecule has 33 heavy (non-hydrogen) atoms. The number of nitrogens with one attached hydrogen (secondary N) is 1. The summed E-state index contributed by atoms with van der Waals surface area (Å²) in [5, 5.41) is 3.04. The third-order valence-electron chi connectivity index (χ3n) is 6.35. The molecule has 1 aliphatic rings. The Kier molecular flexibility index (Phi) is 9.95. The second-order valence-corrected chi connectivity index (χ2v) is 11.9. The molecule has 3 atom stereocenters. The van der Waals surface area contributed by atoms with Gasteiger partial charge in [0.15, 0.2) is 0 Å². The minimum Gasteiger partial charge on any atom is -0.368 e. The van der Waals surface area contributed by atoms with Crippen molar-refractivity contribution in [2.45, 2.75) is 110 Å². The van der Waals surface area contributed by atoms with Crippen LogP contribution < -0.4 is 5.32 Å². The molecule has 0 aliphatic carbocycles. The Bertz CT molecular complexity index is 878. The molecule has 1 N–H and O–H groups in total. The highest BCUT2D eigenvalue weighted by Crippen LogP contribution is 2.38. The molecule has 0 radical (unpaired) electrons. The molecule has 7 heteroatoms. The van der Waals surface area contributed by atoms with Gasteiger partial charge in [-0.1, -0.05) is 53.7 Å². The van der Waals surface area contributed by atoms with E-state index >= 15 is 0 Å². The zero-order chi connectivity index (χ0) is 24.9. The molecule has 1 saturated heterocycles. The van der Waals surface area contributed by atoms with Crippen LogP contribution >= 0.6 is 0 Å². The highest BCUT2D eigenvalue weighted by atomic mass is 32.2. The molecule has 1 aromatic rings. The van der Waals surface area contributed by atoms with Crippen LogP contribution in [0.25, 0.3) is 0 Å². The van der Waals surface area contributed by atoms with Crippen molar-refractivity contribution in [1.29, 1.82) is 0 Å². The molecular formula is C26H43NO5S. The van der Waals surface area contributed by atoms with E-state index in [0.717, 1.165) is 19.1 Å². The number of benzene rings is 1. The first-order chi connectivity index (χ1) is 15.3. The van der Waals surface area contributed by atoms with E-state index in [1.54, 1.807) is 0 Å². The number of hydrogen-bond donors (Lipinski definition) is 1. The molecule has 1 heterocycles. The Hall–Kier alpha value is -1.44. The van der Waals surface area contributed by atoms with Crippen molar-refractivity contribution < 1.29 is 22.1 Å². The zero-order valence-corrected chi connectivity index (χ0v) is 22.4. The fourth-order valence-corrected chi connectivity index (χ4v) is 4.99. The lowest BCUT2D eigenvalue weighted by molar-refractivity contribution is -0.120. The van der Waals surface area contributed by atoms with Gasteiger partial charge in [0.25, 0.3) is 10.1 Å². The van der Waals surface area contributed by atoms with Crippen LogP contribution in [0.15, 0.2) is 12.1 Å². The molecule has 0 saturated carbocycles. The molecule has 0 unspecified atom stereocenters. The molecule has 0 aromatic heterocycles. The van der Waals surface area contributed by atoms with Gasteiger partial charge in [0, 0.05) is 0 Å². The minimum atomic E-state index is -3.42. The summed E-state index contributed by atoms with van der Waals surface area (Å²) in [7, 11) is -3.42. The maximum Gasteiger partial charge on any atom is 0.264 e. The third kappa shape index (κ3) is 8.08. The summed E-state index contributed by atoms with van der Waals surface area (Å²) in [6.45, 7) is 15.6. The predicted octanol–water partition coefficient (Wildman–Crippen LogP) is 5.54. The lowest BCUT2D eigenvalue weighted by Crippen LogP contribution is -2.34. The fraction of sp³-hybridized carbons (Fsp3) is 0.731. The molecule has 0 spiro atoms. The van der Waals surface area contributed by atoms with Gasteiger partial charge in [-0.3, -0.25) is 8.98 Å². The van der Waals surface area contributed by atoms with Crippen LogP contribution in [-0.2, 0) is 23.8 Å². The quantitative estimate of drug-likeness (QED) is 0.313. The van der Waals surface area contributed by atoms with Crippen molar-refractivity contribution in [3.05, 3.63) is 34.4 Å². The van der Waals surface area contributed by atoms with Crippen molar-refractivity contribution in [3.8, 4) is 0 Å². The molecular weight excluding hydrogens is 438 g/mol. The highest BCUT2D eigenvalue weighted by molar-refractivity contribution is 7.85. The van der Waals surface area contributed by atoms with Crippen molar-refractivity contribution in [2.75, 3.05) is 12.9 Å². The van der Waals surface area contributed by atoms with Crippen LogP contribution in [0.5, 0.6) is 0 Å². The number of ether oxygens (including phenoxy) is 1. The lowest BCUT2D eigenvalue weighted by Gasteiger charge is -2.30. The topological polar surface area (TPSA) is 81.7 Å². The van der Waals surface area contributed by atoms with E-state index in [9.17, 15) is 13.2 Å². The molecule has 1 aliphatic heterocycles. The van der Waals surface area contributed by atoms with E-state index < -0.39 is 10.1 Å². The maximum atomic E-state index is 12.2. The molecule has 1 fully saturated rings. The smallest absolute Gasteiger partial charge is 0.264 e. The Morgan fingerprint density at radius 2 is 1.55 bits per heavy atom. The van der Waals surface area contributed by atoms with Crippen molar-refractivity contribution in [2.24, 2.45) is 0 Å². The van der Waals surface area contributed by atoms with Gasteiger partial charge in [-0.05, 0) is 66.2 Å². The van der Waals surface area contributed by atoms with Gasteiger partial charge in [-0.2, -0.15) is 8.42 Å². The van der Waals surface area contributed by atoms with Crippen LogP contribution in [0, 0.1) is 0 Å². The average molecular weight is 482 g/mol. The van der Waals surface area contributed by atoms with Crippen LogP contribution in [-0.4, -0.2) is 39.3 Å². The number of amides is 1. The van der Waals surface area contributed by atoms with Gasteiger partial charge in [-0.25, -0.2) is 0 Å². The maximum absolute atomic E-state index is 12.2. The van der Waals surface area contributed by atoms with E-state index in [1.807, 2.05) is 0 Å². The normalized spacial score (nSPS) is 20.2. The van der Waals surface area contributed by atoms with E-state index in [2.05, 4.69) is 65.9 Å². The summed E-state index contributed by atoms with van der Waals surface area (Å²) < 4.78 is 33.6. The first-order valence-corrected chi connectivity index (χ1v) is 14.1. The first kappa shape index (κ1) is 27.8. The third-order valence-corrected chi connectivity index (χ3v) is 6.95. The van der Waals surface area contributed by atoms with Gasteiger partial charge in [-0.15, -0.1) is 0 Å². The summed E-state index contributed by atoms with van der Waals surface area (Å²) in [6, 6.07) is 4.58.